The van der Waals surface area contributed by atoms with E-state index in [1.165, 1.54) is 13.2 Å². The number of hydrogen-bond donors (Lipinski definition) is 0. The van der Waals surface area contributed by atoms with E-state index >= 15 is 0 Å². The van der Waals surface area contributed by atoms with Crippen molar-refractivity contribution >= 4 is 11.5 Å². The van der Waals surface area contributed by atoms with Gasteiger partial charge in [0.2, 0.25) is 0 Å². The van der Waals surface area contributed by atoms with Crippen molar-refractivity contribution < 1.29 is 22.6 Å². The van der Waals surface area contributed by atoms with Crippen molar-refractivity contribution in [1.82, 2.24) is 4.98 Å². The molecule has 0 radical (unpaired) electrons. The van der Waals surface area contributed by atoms with Crippen LogP contribution >= 0.6 is 0 Å². The van der Waals surface area contributed by atoms with Crippen molar-refractivity contribution in [3.05, 3.63) is 47.7 Å². The Morgan fingerprint density at radius 3 is 2.22 bits per heavy atom. The number of methoxy groups -OCH3 is 2. The smallest absolute Gasteiger partial charge is 0.433 e. The van der Waals surface area contributed by atoms with Crippen molar-refractivity contribution in [2.75, 3.05) is 26.2 Å². The van der Waals surface area contributed by atoms with E-state index < -0.39 is 11.9 Å². The zero-order chi connectivity index (χ0) is 17.0. The lowest BCUT2D eigenvalue weighted by atomic mass is 10.2. The molecule has 0 atom stereocenters. The summed E-state index contributed by atoms with van der Waals surface area (Å²) in [6.45, 7) is 0.168. The fourth-order valence-electron chi connectivity index (χ4n) is 2.12. The van der Waals surface area contributed by atoms with E-state index in [1.807, 2.05) is 0 Å². The summed E-state index contributed by atoms with van der Waals surface area (Å²) in [5.41, 5.74) is 0.321. The Balaban J connectivity index is 2.44. The first-order valence-corrected chi connectivity index (χ1v) is 6.80. The number of benzene rings is 1. The first-order chi connectivity index (χ1) is 10.9. The van der Waals surface area contributed by atoms with Crippen LogP contribution in [0.3, 0.4) is 0 Å². The van der Waals surface area contributed by atoms with E-state index in [0.717, 1.165) is 6.07 Å². The summed E-state index contributed by atoms with van der Waals surface area (Å²) in [5, 5.41) is 0. The maximum Gasteiger partial charge on any atom is 0.433 e. The van der Waals surface area contributed by atoms with Gasteiger partial charge in [-0.1, -0.05) is 6.07 Å². The van der Waals surface area contributed by atoms with Gasteiger partial charge in [0.15, 0.2) is 0 Å². The van der Waals surface area contributed by atoms with E-state index in [4.69, 9.17) is 9.47 Å². The zero-order valence-electron chi connectivity index (χ0n) is 13.0. The molecular formula is C16H17F3N2O2. The highest BCUT2D eigenvalue weighted by molar-refractivity contribution is 5.63. The van der Waals surface area contributed by atoms with E-state index in [1.54, 1.807) is 43.3 Å². The Morgan fingerprint density at radius 1 is 1.04 bits per heavy atom. The van der Waals surface area contributed by atoms with Crippen molar-refractivity contribution in [1.29, 1.82) is 0 Å². The third-order valence-electron chi connectivity index (χ3n) is 3.32. The minimum absolute atomic E-state index is 0.168. The normalized spacial score (nSPS) is 11.4. The molecule has 1 aromatic carbocycles. The first kappa shape index (κ1) is 17.1. The second-order valence-electron chi connectivity index (χ2n) is 4.87. The molecule has 23 heavy (non-hydrogen) atoms. The summed E-state index contributed by atoms with van der Waals surface area (Å²) >= 11 is 0. The number of rotatable bonds is 5. The molecule has 0 saturated heterocycles. The van der Waals surface area contributed by atoms with Gasteiger partial charge < -0.3 is 14.4 Å². The maximum absolute atomic E-state index is 12.9. The van der Waals surface area contributed by atoms with Gasteiger partial charge >= 0.3 is 6.18 Å². The van der Waals surface area contributed by atoms with Crippen LogP contribution in [0.4, 0.5) is 24.7 Å². The molecule has 0 amide bonds. The number of aromatic nitrogens is 1. The quantitative estimate of drug-likeness (QED) is 0.831. The van der Waals surface area contributed by atoms with E-state index in [0.29, 0.717) is 17.0 Å². The van der Waals surface area contributed by atoms with Crippen LogP contribution < -0.4 is 9.64 Å². The summed E-state index contributed by atoms with van der Waals surface area (Å²) in [5.74, 6) is 0.864. The van der Waals surface area contributed by atoms with Crippen LogP contribution in [0.1, 0.15) is 11.3 Å². The minimum atomic E-state index is -4.50. The molecule has 0 aliphatic heterocycles. The molecule has 0 spiro atoms. The molecule has 0 aliphatic carbocycles. The van der Waals surface area contributed by atoms with Gasteiger partial charge in [0.25, 0.3) is 0 Å². The van der Waals surface area contributed by atoms with Gasteiger partial charge in [-0.25, -0.2) is 4.98 Å². The highest BCUT2D eigenvalue weighted by atomic mass is 19.4. The van der Waals surface area contributed by atoms with Gasteiger partial charge in [-0.05, 0) is 30.3 Å². The summed E-state index contributed by atoms with van der Waals surface area (Å²) < 4.78 is 48.9. The van der Waals surface area contributed by atoms with Crippen LogP contribution in [-0.2, 0) is 17.5 Å². The van der Waals surface area contributed by atoms with Gasteiger partial charge in [0, 0.05) is 25.4 Å². The molecule has 124 valence electrons. The Bertz CT molecular complexity index is 657. The molecule has 0 bridgehead atoms. The molecule has 0 fully saturated rings. The lowest BCUT2D eigenvalue weighted by molar-refractivity contribution is -0.141. The topological polar surface area (TPSA) is 34.6 Å². The van der Waals surface area contributed by atoms with Gasteiger partial charge in [0.1, 0.15) is 17.3 Å². The monoisotopic (exact) mass is 326 g/mol. The van der Waals surface area contributed by atoms with Crippen molar-refractivity contribution in [2.24, 2.45) is 0 Å². The third kappa shape index (κ3) is 3.92. The zero-order valence-corrected chi connectivity index (χ0v) is 13.0. The van der Waals surface area contributed by atoms with Crippen LogP contribution in [0.25, 0.3) is 0 Å². The number of halogens is 3. The molecule has 1 aromatic heterocycles. The Labute approximate surface area is 132 Å². The molecule has 0 aliphatic rings. The Kier molecular flexibility index (Phi) is 5.10. The minimum Gasteiger partial charge on any atom is -0.497 e. The van der Waals surface area contributed by atoms with Crippen molar-refractivity contribution in [3.8, 4) is 5.75 Å². The summed E-state index contributed by atoms with van der Waals surface area (Å²) in [6, 6.07) is 9.30. The molecule has 2 aromatic rings. The number of ether oxygens (including phenoxy) is 2. The molecular weight excluding hydrogens is 309 g/mol. The second kappa shape index (κ2) is 6.87. The van der Waals surface area contributed by atoms with Gasteiger partial charge in [-0.15, -0.1) is 0 Å². The average molecular weight is 326 g/mol. The first-order valence-electron chi connectivity index (χ1n) is 6.80. The van der Waals surface area contributed by atoms with Gasteiger partial charge in [0.05, 0.1) is 13.7 Å². The fraction of sp³-hybridized carbons (Fsp3) is 0.312. The predicted molar refractivity (Wildman–Crippen MR) is 81.0 cm³/mol. The fourth-order valence-corrected chi connectivity index (χ4v) is 2.12. The predicted octanol–water partition coefficient (Wildman–Crippen LogP) is 4.02. The van der Waals surface area contributed by atoms with E-state index in [2.05, 4.69) is 4.98 Å². The largest absolute Gasteiger partial charge is 0.497 e. The van der Waals surface area contributed by atoms with Crippen LogP contribution in [0.2, 0.25) is 0 Å². The third-order valence-corrected chi connectivity index (χ3v) is 3.32. The lowest BCUT2D eigenvalue weighted by Crippen LogP contribution is -2.17. The van der Waals surface area contributed by atoms with Crippen LogP contribution in [0.15, 0.2) is 36.4 Å². The number of nitrogens with zero attached hydrogens (tertiary/aromatic N) is 2. The Hall–Kier alpha value is -2.28. The van der Waals surface area contributed by atoms with Crippen LogP contribution in [0.5, 0.6) is 5.75 Å². The highest BCUT2D eigenvalue weighted by Gasteiger charge is 2.33. The summed E-state index contributed by atoms with van der Waals surface area (Å²) in [4.78, 5) is 5.36. The number of pyridine rings is 1. The van der Waals surface area contributed by atoms with Crippen molar-refractivity contribution in [3.63, 3.8) is 0 Å². The molecule has 4 nitrogen and oxygen atoms in total. The molecule has 7 heteroatoms. The van der Waals surface area contributed by atoms with Crippen molar-refractivity contribution in [2.45, 2.75) is 12.8 Å². The van der Waals surface area contributed by atoms with Crippen LogP contribution in [-0.4, -0.2) is 26.3 Å². The van der Waals surface area contributed by atoms with Crippen LogP contribution in [0, 0.1) is 0 Å². The SMILES string of the molecule is COCc1ccc(C(F)(F)F)nc1N(C)c1ccc(OC)cc1. The molecule has 1 heterocycles. The lowest BCUT2D eigenvalue weighted by Gasteiger charge is -2.22. The van der Waals surface area contributed by atoms with E-state index in [9.17, 15) is 13.2 Å². The molecule has 0 saturated carbocycles. The highest BCUT2D eigenvalue weighted by Crippen LogP contribution is 2.33. The average Bonchev–Trinajstić information content (AvgIpc) is 2.54. The van der Waals surface area contributed by atoms with Gasteiger partial charge in [-0.3, -0.25) is 0 Å². The second-order valence-corrected chi connectivity index (χ2v) is 4.87. The van der Waals surface area contributed by atoms with Gasteiger partial charge in [-0.2, -0.15) is 13.2 Å². The Morgan fingerprint density at radius 2 is 1.70 bits per heavy atom. The molecule has 0 unspecified atom stereocenters. The number of anilines is 2. The summed E-state index contributed by atoms with van der Waals surface area (Å²) in [6.07, 6.45) is -4.50. The molecule has 2 rings (SSSR count). The molecule has 0 N–H and O–H groups in total. The standard InChI is InChI=1S/C16H17F3N2O2/c1-21(12-5-7-13(23-3)8-6-12)15-11(10-22-2)4-9-14(20-15)16(17,18)19/h4-9H,10H2,1-3H3. The van der Waals surface area contributed by atoms with E-state index in [-0.39, 0.29) is 12.4 Å². The number of hydrogen-bond acceptors (Lipinski definition) is 4. The summed E-state index contributed by atoms with van der Waals surface area (Å²) in [7, 11) is 4.68. The maximum atomic E-state index is 12.9. The number of alkyl halides is 3.